The van der Waals surface area contributed by atoms with Gasteiger partial charge in [-0.1, -0.05) is 38.1 Å². The van der Waals surface area contributed by atoms with Crippen LogP contribution in [0.25, 0.3) is 0 Å². The average molecular weight is 254 g/mol. The lowest BCUT2D eigenvalue weighted by molar-refractivity contribution is 0.0988. The molecule has 3 nitrogen and oxygen atoms in total. The van der Waals surface area contributed by atoms with Crippen molar-refractivity contribution in [2.24, 2.45) is 0 Å². The van der Waals surface area contributed by atoms with Crippen LogP contribution in [0.3, 0.4) is 0 Å². The van der Waals surface area contributed by atoms with Crippen LogP contribution in [0.5, 0.6) is 0 Å². The first-order valence-electron chi connectivity index (χ1n) is 6.40. The summed E-state index contributed by atoms with van der Waals surface area (Å²) in [6.45, 7) is 4.30. The lowest BCUT2D eigenvalue weighted by Gasteiger charge is -2.06. The second kappa shape index (κ2) is 5.65. The van der Waals surface area contributed by atoms with Gasteiger partial charge in [-0.2, -0.15) is 0 Å². The monoisotopic (exact) mass is 254 g/mol. The zero-order chi connectivity index (χ0) is 13.8. The maximum Gasteiger partial charge on any atom is 0.185 e. The average Bonchev–Trinajstić information content (AvgIpc) is 2.40. The van der Waals surface area contributed by atoms with E-state index in [4.69, 9.17) is 5.73 Å². The van der Waals surface area contributed by atoms with Gasteiger partial charge in [0.15, 0.2) is 5.78 Å². The van der Waals surface area contributed by atoms with Crippen LogP contribution in [-0.4, -0.2) is 10.8 Å². The summed E-state index contributed by atoms with van der Waals surface area (Å²) in [5, 5.41) is 0. The molecular weight excluding hydrogens is 236 g/mol. The zero-order valence-corrected chi connectivity index (χ0v) is 11.3. The molecule has 0 radical (unpaired) electrons. The summed E-state index contributed by atoms with van der Waals surface area (Å²) in [6.07, 6.45) is 1.88. The van der Waals surface area contributed by atoms with Crippen molar-refractivity contribution in [3.63, 3.8) is 0 Å². The van der Waals surface area contributed by atoms with Crippen LogP contribution in [0.4, 0.5) is 5.69 Å². The molecule has 1 heterocycles. The quantitative estimate of drug-likeness (QED) is 0.852. The number of anilines is 1. The Morgan fingerprint density at radius 2 is 1.84 bits per heavy atom. The Labute approximate surface area is 113 Å². The number of hydrogen-bond acceptors (Lipinski definition) is 3. The van der Waals surface area contributed by atoms with Crippen LogP contribution >= 0.6 is 0 Å². The predicted octanol–water partition coefficient (Wildman–Crippen LogP) is 3.21. The highest BCUT2D eigenvalue weighted by molar-refractivity contribution is 5.95. The Balaban J connectivity index is 2.08. The van der Waals surface area contributed by atoms with Gasteiger partial charge < -0.3 is 5.73 Å². The van der Waals surface area contributed by atoms with Crippen LogP contribution in [-0.2, 0) is 6.42 Å². The van der Waals surface area contributed by atoms with E-state index in [1.165, 1.54) is 11.8 Å². The summed E-state index contributed by atoms with van der Waals surface area (Å²) >= 11 is 0. The summed E-state index contributed by atoms with van der Waals surface area (Å²) in [4.78, 5) is 16.1. The number of rotatable bonds is 4. The van der Waals surface area contributed by atoms with Crippen LogP contribution in [0, 0.1) is 0 Å². The Bertz CT molecular complexity index is 556. The standard InChI is InChI=1S/C16H18N2O/c1-11(2)13-5-3-12(4-6-13)9-16(19)15-8-7-14(17)10-18-15/h3-8,10-11H,9,17H2,1-2H3. The fourth-order valence-electron chi connectivity index (χ4n) is 1.87. The summed E-state index contributed by atoms with van der Waals surface area (Å²) in [5.41, 5.74) is 8.87. The fourth-order valence-corrected chi connectivity index (χ4v) is 1.87. The van der Waals surface area contributed by atoms with Gasteiger partial charge >= 0.3 is 0 Å². The van der Waals surface area contributed by atoms with Gasteiger partial charge in [0.2, 0.25) is 0 Å². The number of carbonyl (C=O) groups excluding carboxylic acids is 1. The third-order valence-electron chi connectivity index (χ3n) is 3.08. The van der Waals surface area contributed by atoms with E-state index >= 15 is 0 Å². The molecule has 0 amide bonds. The normalized spacial score (nSPS) is 10.7. The van der Waals surface area contributed by atoms with Crippen LogP contribution < -0.4 is 5.73 Å². The maximum atomic E-state index is 12.0. The largest absolute Gasteiger partial charge is 0.397 e. The number of benzene rings is 1. The van der Waals surface area contributed by atoms with E-state index < -0.39 is 0 Å². The molecule has 2 N–H and O–H groups in total. The van der Waals surface area contributed by atoms with Crippen molar-refractivity contribution >= 4 is 11.5 Å². The van der Waals surface area contributed by atoms with E-state index in [2.05, 4.69) is 31.0 Å². The smallest absolute Gasteiger partial charge is 0.185 e. The second-order valence-corrected chi connectivity index (χ2v) is 4.97. The van der Waals surface area contributed by atoms with E-state index in [9.17, 15) is 4.79 Å². The Morgan fingerprint density at radius 1 is 1.16 bits per heavy atom. The molecule has 3 heteroatoms. The highest BCUT2D eigenvalue weighted by Crippen LogP contribution is 2.15. The zero-order valence-electron chi connectivity index (χ0n) is 11.3. The lowest BCUT2D eigenvalue weighted by atomic mass is 9.99. The molecule has 2 aromatic rings. The summed E-state index contributed by atoms with van der Waals surface area (Å²) in [7, 11) is 0. The highest BCUT2D eigenvalue weighted by atomic mass is 16.1. The number of hydrogen-bond donors (Lipinski definition) is 1. The number of nitrogens with zero attached hydrogens (tertiary/aromatic N) is 1. The molecule has 0 bridgehead atoms. The highest BCUT2D eigenvalue weighted by Gasteiger charge is 2.08. The van der Waals surface area contributed by atoms with Gasteiger partial charge in [0.25, 0.3) is 0 Å². The lowest BCUT2D eigenvalue weighted by Crippen LogP contribution is -2.06. The molecule has 1 aromatic carbocycles. The maximum absolute atomic E-state index is 12.0. The van der Waals surface area contributed by atoms with Gasteiger partial charge in [0, 0.05) is 6.42 Å². The number of Topliss-reactive ketones (excluding diaryl/α,β-unsaturated/α-hetero) is 1. The van der Waals surface area contributed by atoms with Crippen molar-refractivity contribution < 1.29 is 4.79 Å². The van der Waals surface area contributed by atoms with Gasteiger partial charge in [0.05, 0.1) is 11.9 Å². The molecular formula is C16H18N2O. The van der Waals surface area contributed by atoms with Gasteiger partial charge in [-0.3, -0.25) is 9.78 Å². The third kappa shape index (κ3) is 3.41. The minimum Gasteiger partial charge on any atom is -0.397 e. The molecule has 0 fully saturated rings. The first-order chi connectivity index (χ1) is 9.06. The molecule has 19 heavy (non-hydrogen) atoms. The van der Waals surface area contributed by atoms with Crippen molar-refractivity contribution in [2.75, 3.05) is 5.73 Å². The van der Waals surface area contributed by atoms with Crippen molar-refractivity contribution in [2.45, 2.75) is 26.2 Å². The second-order valence-electron chi connectivity index (χ2n) is 4.97. The molecule has 1 aromatic heterocycles. The number of aromatic nitrogens is 1. The molecule has 98 valence electrons. The fraction of sp³-hybridized carbons (Fsp3) is 0.250. The molecule has 0 aliphatic heterocycles. The van der Waals surface area contributed by atoms with E-state index in [-0.39, 0.29) is 5.78 Å². The number of pyridine rings is 1. The number of carbonyl (C=O) groups is 1. The Hall–Kier alpha value is -2.16. The van der Waals surface area contributed by atoms with Crippen molar-refractivity contribution in [1.82, 2.24) is 4.98 Å². The van der Waals surface area contributed by atoms with Crippen molar-refractivity contribution in [3.8, 4) is 0 Å². The number of nitrogens with two attached hydrogens (primary N) is 1. The number of ketones is 1. The predicted molar refractivity (Wildman–Crippen MR) is 77.2 cm³/mol. The molecule has 0 unspecified atom stereocenters. The van der Waals surface area contributed by atoms with Gasteiger partial charge in [-0.15, -0.1) is 0 Å². The first kappa shape index (κ1) is 13.3. The number of nitrogen functional groups attached to an aromatic ring is 1. The minimum atomic E-state index is 0.0114. The molecule has 0 spiro atoms. The van der Waals surface area contributed by atoms with E-state index in [1.807, 2.05) is 12.1 Å². The summed E-state index contributed by atoms with van der Waals surface area (Å²) in [5.74, 6) is 0.515. The SMILES string of the molecule is CC(C)c1ccc(CC(=O)c2ccc(N)cn2)cc1. The van der Waals surface area contributed by atoms with Gasteiger partial charge in [0.1, 0.15) is 5.69 Å². The van der Waals surface area contributed by atoms with E-state index in [0.717, 1.165) is 5.56 Å². The van der Waals surface area contributed by atoms with Gasteiger partial charge in [-0.05, 0) is 29.2 Å². The van der Waals surface area contributed by atoms with Crippen molar-refractivity contribution in [1.29, 1.82) is 0 Å². The Kier molecular flexibility index (Phi) is 3.95. The molecule has 0 aliphatic carbocycles. The molecule has 2 rings (SSSR count). The Morgan fingerprint density at radius 3 is 2.37 bits per heavy atom. The topological polar surface area (TPSA) is 56.0 Å². The summed E-state index contributed by atoms with van der Waals surface area (Å²) in [6, 6.07) is 11.5. The third-order valence-corrected chi connectivity index (χ3v) is 3.08. The molecule has 0 aliphatic rings. The molecule has 0 saturated heterocycles. The first-order valence-corrected chi connectivity index (χ1v) is 6.40. The van der Waals surface area contributed by atoms with E-state index in [1.54, 1.807) is 12.1 Å². The minimum absolute atomic E-state index is 0.0114. The molecule has 0 saturated carbocycles. The summed E-state index contributed by atoms with van der Waals surface area (Å²) < 4.78 is 0. The van der Waals surface area contributed by atoms with Crippen LogP contribution in [0.1, 0.15) is 41.4 Å². The van der Waals surface area contributed by atoms with E-state index in [0.29, 0.717) is 23.7 Å². The van der Waals surface area contributed by atoms with Crippen LogP contribution in [0.2, 0.25) is 0 Å². The van der Waals surface area contributed by atoms with Crippen molar-refractivity contribution in [3.05, 3.63) is 59.4 Å². The van der Waals surface area contributed by atoms with Gasteiger partial charge in [-0.25, -0.2) is 0 Å². The van der Waals surface area contributed by atoms with Crippen LogP contribution in [0.15, 0.2) is 42.6 Å². The molecule has 0 atom stereocenters.